The summed E-state index contributed by atoms with van der Waals surface area (Å²) >= 11 is 0. The molecule has 6 nitrogen and oxygen atoms in total. The van der Waals surface area contributed by atoms with Crippen LogP contribution in [0, 0.1) is 6.92 Å². The van der Waals surface area contributed by atoms with E-state index in [2.05, 4.69) is 35.5 Å². The molecule has 1 aliphatic heterocycles. The molecule has 0 bridgehead atoms. The van der Waals surface area contributed by atoms with Crippen molar-refractivity contribution in [1.82, 2.24) is 10.6 Å². The lowest BCUT2D eigenvalue weighted by Gasteiger charge is -2.19. The summed E-state index contributed by atoms with van der Waals surface area (Å²) in [6, 6.07) is 8.26. The maximum atomic E-state index is 5.82. The lowest BCUT2D eigenvalue weighted by Crippen LogP contribution is -2.45. The van der Waals surface area contributed by atoms with Gasteiger partial charge in [-0.25, -0.2) is 0 Å². The number of rotatable bonds is 9. The first-order valence-corrected chi connectivity index (χ1v) is 9.04. The fourth-order valence-electron chi connectivity index (χ4n) is 2.57. The lowest BCUT2D eigenvalue weighted by molar-refractivity contribution is 0.0347. The minimum Gasteiger partial charge on any atom is -0.493 e. The second-order valence-corrected chi connectivity index (χ2v) is 6.33. The zero-order chi connectivity index (χ0) is 17.9. The normalized spacial score (nSPS) is 18.8. The number of nitrogens with one attached hydrogen (secondary N) is 2. The summed E-state index contributed by atoms with van der Waals surface area (Å²) in [5.74, 6) is 1.74. The predicted molar refractivity (Wildman–Crippen MR) is 100 cm³/mol. The number of hydrogen-bond donors (Lipinski definition) is 2. The van der Waals surface area contributed by atoms with Gasteiger partial charge in [0.1, 0.15) is 5.75 Å². The summed E-state index contributed by atoms with van der Waals surface area (Å²) in [5, 5.41) is 6.65. The van der Waals surface area contributed by atoms with Gasteiger partial charge in [-0.15, -0.1) is 0 Å². The predicted octanol–water partition coefficient (Wildman–Crippen LogP) is 2.12. The maximum absolute atomic E-state index is 5.82. The van der Waals surface area contributed by atoms with E-state index >= 15 is 0 Å². The second-order valence-electron chi connectivity index (χ2n) is 6.33. The Morgan fingerprint density at radius 3 is 2.96 bits per heavy atom. The molecule has 0 amide bonds. The molecule has 2 rings (SSSR count). The molecule has 0 radical (unpaired) electrons. The molecule has 0 aromatic heterocycles. The lowest BCUT2D eigenvalue weighted by atomic mass is 10.2. The van der Waals surface area contributed by atoms with Crippen molar-refractivity contribution in [2.45, 2.75) is 38.8 Å². The van der Waals surface area contributed by atoms with Crippen LogP contribution < -0.4 is 15.4 Å². The van der Waals surface area contributed by atoms with Crippen molar-refractivity contribution in [3.63, 3.8) is 0 Å². The molecule has 0 aliphatic carbocycles. The molecule has 1 aromatic carbocycles. The molecule has 25 heavy (non-hydrogen) atoms. The van der Waals surface area contributed by atoms with Crippen molar-refractivity contribution in [3.05, 3.63) is 29.8 Å². The van der Waals surface area contributed by atoms with Crippen LogP contribution in [-0.2, 0) is 9.47 Å². The number of aryl methyl sites for hydroxylation is 1. The first-order chi connectivity index (χ1) is 12.2. The third-order valence-corrected chi connectivity index (χ3v) is 4.04. The molecular weight excluding hydrogens is 318 g/mol. The quantitative estimate of drug-likeness (QED) is 0.406. The van der Waals surface area contributed by atoms with E-state index in [1.807, 2.05) is 18.2 Å². The Hall–Kier alpha value is -1.79. The van der Waals surface area contributed by atoms with Gasteiger partial charge in [-0.2, -0.15) is 0 Å². The van der Waals surface area contributed by atoms with Gasteiger partial charge in [0.25, 0.3) is 0 Å². The van der Waals surface area contributed by atoms with E-state index in [0.717, 1.165) is 43.3 Å². The van der Waals surface area contributed by atoms with Crippen LogP contribution in [0.2, 0.25) is 0 Å². The monoisotopic (exact) mass is 349 g/mol. The van der Waals surface area contributed by atoms with Crippen molar-refractivity contribution in [2.75, 3.05) is 40.0 Å². The van der Waals surface area contributed by atoms with Crippen LogP contribution >= 0.6 is 0 Å². The molecule has 6 heteroatoms. The number of ether oxygens (including phenoxy) is 3. The van der Waals surface area contributed by atoms with Crippen molar-refractivity contribution in [2.24, 2.45) is 4.99 Å². The number of benzene rings is 1. The van der Waals surface area contributed by atoms with Gasteiger partial charge < -0.3 is 24.8 Å². The van der Waals surface area contributed by atoms with E-state index in [4.69, 9.17) is 14.2 Å². The van der Waals surface area contributed by atoms with Gasteiger partial charge in [0.05, 0.1) is 25.9 Å². The van der Waals surface area contributed by atoms with Crippen molar-refractivity contribution < 1.29 is 14.2 Å². The summed E-state index contributed by atoms with van der Waals surface area (Å²) < 4.78 is 16.9. The SMILES string of the molecule is CN=C(NCCCOc1ccccc1C)NC(C)COC1CCOC1. The highest BCUT2D eigenvalue weighted by Gasteiger charge is 2.17. The Balaban J connectivity index is 1.57. The van der Waals surface area contributed by atoms with E-state index in [-0.39, 0.29) is 12.1 Å². The number of para-hydroxylation sites is 1. The fraction of sp³-hybridized carbons (Fsp3) is 0.632. The molecule has 1 aliphatic rings. The highest BCUT2D eigenvalue weighted by Crippen LogP contribution is 2.16. The van der Waals surface area contributed by atoms with Gasteiger partial charge in [-0.05, 0) is 38.3 Å². The highest BCUT2D eigenvalue weighted by molar-refractivity contribution is 5.79. The second kappa shape index (κ2) is 10.9. The summed E-state index contributed by atoms with van der Waals surface area (Å²) in [7, 11) is 1.78. The van der Waals surface area contributed by atoms with Gasteiger partial charge in [0, 0.05) is 26.2 Å². The zero-order valence-electron chi connectivity index (χ0n) is 15.6. The van der Waals surface area contributed by atoms with Gasteiger partial charge >= 0.3 is 0 Å². The average molecular weight is 349 g/mol. The smallest absolute Gasteiger partial charge is 0.191 e. The molecule has 2 N–H and O–H groups in total. The third kappa shape index (κ3) is 7.32. The molecule has 2 atom stereocenters. The average Bonchev–Trinajstić information content (AvgIpc) is 3.13. The number of guanidine groups is 1. The molecule has 2 unspecified atom stereocenters. The summed E-state index contributed by atoms with van der Waals surface area (Å²) in [6.07, 6.45) is 2.12. The van der Waals surface area contributed by atoms with E-state index in [0.29, 0.717) is 19.8 Å². The fourth-order valence-corrected chi connectivity index (χ4v) is 2.57. The van der Waals surface area contributed by atoms with Crippen molar-refractivity contribution >= 4 is 5.96 Å². The van der Waals surface area contributed by atoms with Crippen LogP contribution in [0.3, 0.4) is 0 Å². The Kier molecular flexibility index (Phi) is 8.55. The summed E-state index contributed by atoms with van der Waals surface area (Å²) in [4.78, 5) is 4.25. The number of nitrogens with zero attached hydrogens (tertiary/aromatic N) is 1. The maximum Gasteiger partial charge on any atom is 0.191 e. The molecule has 1 heterocycles. The Morgan fingerprint density at radius 1 is 1.40 bits per heavy atom. The van der Waals surface area contributed by atoms with E-state index in [9.17, 15) is 0 Å². The summed E-state index contributed by atoms with van der Waals surface area (Å²) in [6.45, 7) is 7.78. The molecule has 1 aromatic rings. The van der Waals surface area contributed by atoms with Crippen LogP contribution in [-0.4, -0.2) is 58.1 Å². The van der Waals surface area contributed by atoms with Gasteiger partial charge in [-0.3, -0.25) is 4.99 Å². The molecule has 1 saturated heterocycles. The largest absolute Gasteiger partial charge is 0.493 e. The molecule has 0 spiro atoms. The Morgan fingerprint density at radius 2 is 2.24 bits per heavy atom. The van der Waals surface area contributed by atoms with Crippen LogP contribution in [0.1, 0.15) is 25.3 Å². The molecule has 0 saturated carbocycles. The van der Waals surface area contributed by atoms with E-state index in [1.54, 1.807) is 7.05 Å². The number of hydrogen-bond acceptors (Lipinski definition) is 4. The van der Waals surface area contributed by atoms with E-state index < -0.39 is 0 Å². The molecular formula is C19H31N3O3. The molecule has 1 fully saturated rings. The van der Waals surface area contributed by atoms with Crippen LogP contribution in [0.4, 0.5) is 0 Å². The minimum atomic E-state index is 0.190. The third-order valence-electron chi connectivity index (χ3n) is 4.04. The van der Waals surface area contributed by atoms with Gasteiger partial charge in [0.2, 0.25) is 0 Å². The van der Waals surface area contributed by atoms with Gasteiger partial charge in [0.15, 0.2) is 5.96 Å². The zero-order valence-corrected chi connectivity index (χ0v) is 15.6. The van der Waals surface area contributed by atoms with Crippen LogP contribution in [0.25, 0.3) is 0 Å². The van der Waals surface area contributed by atoms with Crippen molar-refractivity contribution in [1.29, 1.82) is 0 Å². The minimum absolute atomic E-state index is 0.190. The Bertz CT molecular complexity index is 530. The van der Waals surface area contributed by atoms with E-state index in [1.165, 1.54) is 0 Å². The van der Waals surface area contributed by atoms with Gasteiger partial charge in [-0.1, -0.05) is 18.2 Å². The first kappa shape index (κ1) is 19.5. The Labute approximate surface area is 151 Å². The summed E-state index contributed by atoms with van der Waals surface area (Å²) in [5.41, 5.74) is 1.16. The van der Waals surface area contributed by atoms with Crippen LogP contribution in [0.5, 0.6) is 5.75 Å². The highest BCUT2D eigenvalue weighted by atomic mass is 16.5. The number of aliphatic imine (C=N–C) groups is 1. The van der Waals surface area contributed by atoms with Crippen LogP contribution in [0.15, 0.2) is 29.3 Å². The standard InChI is InChI=1S/C19H31N3O3/c1-15-7-4-5-8-18(15)24-11-6-10-21-19(20-3)22-16(2)13-25-17-9-12-23-14-17/h4-5,7-8,16-17H,6,9-14H2,1-3H3,(H2,20,21,22). The van der Waals surface area contributed by atoms with Crippen molar-refractivity contribution in [3.8, 4) is 5.75 Å². The topological polar surface area (TPSA) is 64.1 Å². The molecule has 140 valence electrons. The first-order valence-electron chi connectivity index (χ1n) is 9.04.